The van der Waals surface area contributed by atoms with Crippen LogP contribution in [0.3, 0.4) is 0 Å². The van der Waals surface area contributed by atoms with Crippen molar-refractivity contribution in [1.82, 2.24) is 15.0 Å². The van der Waals surface area contributed by atoms with E-state index in [9.17, 15) is 4.79 Å². The summed E-state index contributed by atoms with van der Waals surface area (Å²) >= 11 is 1.28. The Morgan fingerprint density at radius 2 is 2.10 bits per heavy atom. The number of methoxy groups -OCH3 is 1. The first kappa shape index (κ1) is 19.7. The summed E-state index contributed by atoms with van der Waals surface area (Å²) in [5.74, 6) is 1.23. The lowest BCUT2D eigenvalue weighted by atomic mass is 9.82. The van der Waals surface area contributed by atoms with Crippen molar-refractivity contribution < 1.29 is 19.0 Å². The van der Waals surface area contributed by atoms with Crippen molar-refractivity contribution >= 4 is 28.3 Å². The van der Waals surface area contributed by atoms with Gasteiger partial charge >= 0.3 is 0 Å². The maximum atomic E-state index is 12.2. The van der Waals surface area contributed by atoms with Crippen LogP contribution in [-0.2, 0) is 14.3 Å². The van der Waals surface area contributed by atoms with Gasteiger partial charge in [-0.25, -0.2) is 15.0 Å². The van der Waals surface area contributed by atoms with Crippen LogP contribution in [-0.4, -0.2) is 60.4 Å². The van der Waals surface area contributed by atoms with E-state index < -0.39 is 0 Å². The number of carbonyl (C=O) groups is 1. The van der Waals surface area contributed by atoms with Crippen LogP contribution in [0, 0.1) is 11.3 Å². The Kier molecular flexibility index (Phi) is 5.30. The number of hydrogen-bond acceptors (Lipinski definition) is 9. The molecule has 5 rings (SSSR count). The van der Waals surface area contributed by atoms with Crippen LogP contribution in [0.2, 0.25) is 0 Å². The minimum atomic E-state index is -0.0204. The standard InChI is InChI=1S/C20H25N5O4S/c1-27-14-6-13(7-14)17(26)24-19-23-10-16(30-19)29-15-8-21-18(22-9-15)25-4-2-20(11-25)3-5-28-12-20/h8-10,13-14H,2-7,11-12H2,1H3,(H,23,24,26). The van der Waals surface area contributed by atoms with Gasteiger partial charge in [0.25, 0.3) is 0 Å². The Morgan fingerprint density at radius 1 is 1.27 bits per heavy atom. The van der Waals surface area contributed by atoms with Gasteiger partial charge in [0.2, 0.25) is 16.9 Å². The van der Waals surface area contributed by atoms with E-state index in [0.29, 0.717) is 15.9 Å². The van der Waals surface area contributed by atoms with Crippen LogP contribution in [0.15, 0.2) is 18.6 Å². The van der Waals surface area contributed by atoms with Gasteiger partial charge in [-0.15, -0.1) is 0 Å². The van der Waals surface area contributed by atoms with Gasteiger partial charge in [0.1, 0.15) is 0 Å². The molecule has 2 saturated heterocycles. The molecule has 1 aliphatic carbocycles. The molecule has 10 heteroatoms. The Bertz CT molecular complexity index is 893. The molecule has 0 bridgehead atoms. The third kappa shape index (κ3) is 3.99. The summed E-state index contributed by atoms with van der Waals surface area (Å²) in [5.41, 5.74) is 0.270. The van der Waals surface area contributed by atoms with E-state index in [1.54, 1.807) is 25.7 Å². The molecule has 2 aromatic heterocycles. The summed E-state index contributed by atoms with van der Waals surface area (Å²) < 4.78 is 16.6. The predicted octanol–water partition coefficient (Wildman–Crippen LogP) is 2.71. The zero-order chi connectivity index (χ0) is 20.6. The molecule has 4 heterocycles. The highest BCUT2D eigenvalue weighted by molar-refractivity contribution is 7.17. The zero-order valence-corrected chi connectivity index (χ0v) is 17.7. The quantitative estimate of drug-likeness (QED) is 0.745. The number of nitrogens with one attached hydrogen (secondary N) is 1. The third-order valence-electron chi connectivity index (χ3n) is 6.25. The summed E-state index contributed by atoms with van der Waals surface area (Å²) in [6.45, 7) is 3.58. The number of ether oxygens (including phenoxy) is 3. The molecule has 0 radical (unpaired) electrons. The Labute approximate surface area is 178 Å². The molecule has 1 N–H and O–H groups in total. The lowest BCUT2D eigenvalue weighted by molar-refractivity contribution is -0.127. The molecule has 160 valence electrons. The van der Waals surface area contributed by atoms with E-state index in [4.69, 9.17) is 14.2 Å². The highest BCUT2D eigenvalue weighted by atomic mass is 32.1. The number of thiazole rings is 1. The van der Waals surface area contributed by atoms with Gasteiger partial charge in [0.15, 0.2) is 10.9 Å². The van der Waals surface area contributed by atoms with Gasteiger partial charge in [-0.1, -0.05) is 11.3 Å². The molecule has 0 aromatic carbocycles. The van der Waals surface area contributed by atoms with Crippen molar-refractivity contribution in [3.8, 4) is 10.8 Å². The summed E-state index contributed by atoms with van der Waals surface area (Å²) in [7, 11) is 1.67. The fourth-order valence-electron chi connectivity index (χ4n) is 4.26. The van der Waals surface area contributed by atoms with Crippen molar-refractivity contribution in [1.29, 1.82) is 0 Å². The molecule has 1 amide bonds. The Morgan fingerprint density at radius 3 is 2.83 bits per heavy atom. The Hall–Kier alpha value is -2.30. The van der Waals surface area contributed by atoms with Crippen LogP contribution < -0.4 is 15.0 Å². The van der Waals surface area contributed by atoms with Crippen LogP contribution in [0.25, 0.3) is 0 Å². The molecule has 1 atom stereocenters. The highest BCUT2D eigenvalue weighted by Crippen LogP contribution is 2.39. The van der Waals surface area contributed by atoms with E-state index in [-0.39, 0.29) is 23.3 Å². The van der Waals surface area contributed by atoms with Crippen LogP contribution in [0.4, 0.5) is 11.1 Å². The number of carbonyl (C=O) groups excluding carboxylic acids is 1. The van der Waals surface area contributed by atoms with Crippen molar-refractivity contribution in [2.75, 3.05) is 43.6 Å². The number of nitrogens with zero attached hydrogens (tertiary/aromatic N) is 4. The van der Waals surface area contributed by atoms with E-state index in [2.05, 4.69) is 25.2 Å². The number of rotatable bonds is 6. The number of aromatic nitrogens is 3. The number of hydrogen-bond donors (Lipinski definition) is 1. The van der Waals surface area contributed by atoms with Crippen LogP contribution in [0.5, 0.6) is 10.8 Å². The smallest absolute Gasteiger partial charge is 0.229 e. The van der Waals surface area contributed by atoms with Crippen molar-refractivity contribution in [3.63, 3.8) is 0 Å². The first-order chi connectivity index (χ1) is 14.6. The second kappa shape index (κ2) is 8.09. The fourth-order valence-corrected chi connectivity index (χ4v) is 4.95. The average molecular weight is 432 g/mol. The van der Waals surface area contributed by atoms with Gasteiger partial charge in [-0.2, -0.15) is 0 Å². The second-order valence-electron chi connectivity index (χ2n) is 8.29. The maximum Gasteiger partial charge on any atom is 0.229 e. The van der Waals surface area contributed by atoms with E-state index in [1.807, 2.05) is 0 Å². The van der Waals surface area contributed by atoms with Gasteiger partial charge in [-0.3, -0.25) is 4.79 Å². The minimum absolute atomic E-state index is 0.00955. The van der Waals surface area contributed by atoms with E-state index in [0.717, 1.165) is 57.9 Å². The monoisotopic (exact) mass is 431 g/mol. The summed E-state index contributed by atoms with van der Waals surface area (Å²) in [4.78, 5) is 27.6. The molecule has 2 aliphatic heterocycles. The topological polar surface area (TPSA) is 98.7 Å². The van der Waals surface area contributed by atoms with Gasteiger partial charge in [0, 0.05) is 38.1 Å². The first-order valence-corrected chi connectivity index (χ1v) is 11.1. The molecule has 1 spiro atoms. The molecule has 2 aromatic rings. The van der Waals surface area contributed by atoms with Crippen LogP contribution in [0.1, 0.15) is 25.7 Å². The molecule has 9 nitrogen and oxygen atoms in total. The maximum absolute atomic E-state index is 12.2. The van der Waals surface area contributed by atoms with E-state index >= 15 is 0 Å². The van der Waals surface area contributed by atoms with Crippen molar-refractivity contribution in [2.45, 2.75) is 31.8 Å². The number of amides is 1. The first-order valence-electron chi connectivity index (χ1n) is 10.2. The van der Waals surface area contributed by atoms with Gasteiger partial charge in [0.05, 0.1) is 31.3 Å². The summed E-state index contributed by atoms with van der Waals surface area (Å²) in [5, 5.41) is 3.95. The predicted molar refractivity (Wildman–Crippen MR) is 111 cm³/mol. The molecular weight excluding hydrogens is 406 g/mol. The molecule has 1 saturated carbocycles. The second-order valence-corrected chi connectivity index (χ2v) is 9.29. The zero-order valence-electron chi connectivity index (χ0n) is 16.9. The molecule has 1 unspecified atom stereocenters. The normalized spacial score (nSPS) is 28.0. The lowest BCUT2D eigenvalue weighted by Crippen LogP contribution is -2.38. The van der Waals surface area contributed by atoms with Gasteiger partial charge in [-0.05, 0) is 25.7 Å². The van der Waals surface area contributed by atoms with E-state index in [1.165, 1.54) is 11.3 Å². The lowest BCUT2D eigenvalue weighted by Gasteiger charge is -2.32. The third-order valence-corrected chi connectivity index (χ3v) is 7.04. The molecule has 3 aliphatic rings. The summed E-state index contributed by atoms with van der Waals surface area (Å²) in [6.07, 6.45) is 8.89. The Balaban J connectivity index is 1.15. The molecular formula is C20H25N5O4S. The SMILES string of the molecule is COC1CC(C(=O)Nc2ncc(Oc3cnc(N4CCC5(CCOC5)C4)nc3)s2)C1. The highest BCUT2D eigenvalue weighted by Gasteiger charge is 2.42. The molecule has 3 fully saturated rings. The fraction of sp³-hybridized carbons (Fsp3) is 0.600. The molecule has 30 heavy (non-hydrogen) atoms. The van der Waals surface area contributed by atoms with Crippen LogP contribution >= 0.6 is 11.3 Å². The largest absolute Gasteiger partial charge is 0.442 e. The minimum Gasteiger partial charge on any atom is -0.442 e. The number of anilines is 2. The summed E-state index contributed by atoms with van der Waals surface area (Å²) in [6, 6.07) is 0. The van der Waals surface area contributed by atoms with Gasteiger partial charge < -0.3 is 24.4 Å². The average Bonchev–Trinajstić information content (AvgIpc) is 3.45. The van der Waals surface area contributed by atoms with Crippen molar-refractivity contribution in [2.24, 2.45) is 11.3 Å². The van der Waals surface area contributed by atoms with Crippen molar-refractivity contribution in [3.05, 3.63) is 18.6 Å².